The molecule has 0 aliphatic carbocycles. The van der Waals surface area contributed by atoms with Gasteiger partial charge in [0.05, 0.1) is 9.68 Å². The average Bonchev–Trinajstić information content (AvgIpc) is 2.09. The second kappa shape index (κ2) is 3.26. The number of hydrogen-bond acceptors (Lipinski definition) is 0. The summed E-state index contributed by atoms with van der Waals surface area (Å²) in [6.45, 7) is 0. The zero-order valence-corrected chi connectivity index (χ0v) is 7.73. The number of halogens is 5. The van der Waals surface area contributed by atoms with Gasteiger partial charge in [-0.15, -0.1) is 0 Å². The van der Waals surface area contributed by atoms with Crippen molar-refractivity contribution in [3.05, 3.63) is 33.2 Å². The Labute approximate surface area is 84.7 Å². The highest BCUT2D eigenvalue weighted by atomic mass is 79.9. The molecular weight excluding hydrogens is 256 g/mol. The Balaban J connectivity index is 3.68. The standard InChI is InChI=1S/C7H3BrClF3/c8-6-3-4(9)1-2-5(6)7(10,11)12/h1-3H/i1D,2D,3D. The summed E-state index contributed by atoms with van der Waals surface area (Å²) in [4.78, 5) is 0. The lowest BCUT2D eigenvalue weighted by molar-refractivity contribution is -0.138. The molecule has 0 radical (unpaired) electrons. The van der Waals surface area contributed by atoms with Crippen LogP contribution in [0.3, 0.4) is 0 Å². The van der Waals surface area contributed by atoms with Crippen molar-refractivity contribution >= 4 is 27.5 Å². The van der Waals surface area contributed by atoms with E-state index in [2.05, 4.69) is 15.9 Å². The SMILES string of the molecule is [2H]c1c([2H])c(C(F)(F)F)c(Br)c([2H])c1Cl. The maximum atomic E-state index is 12.4. The van der Waals surface area contributed by atoms with Gasteiger partial charge >= 0.3 is 6.18 Å². The molecule has 0 aliphatic heterocycles. The zero-order chi connectivity index (χ0) is 12.0. The van der Waals surface area contributed by atoms with E-state index in [0.29, 0.717) is 0 Å². The molecule has 1 rings (SSSR count). The van der Waals surface area contributed by atoms with Gasteiger partial charge in [0.1, 0.15) is 0 Å². The molecule has 0 heterocycles. The first-order valence-corrected chi connectivity index (χ1v) is 3.87. The van der Waals surface area contributed by atoms with Crippen molar-refractivity contribution in [1.82, 2.24) is 0 Å². The molecule has 0 aliphatic rings. The van der Waals surface area contributed by atoms with Crippen molar-refractivity contribution in [2.45, 2.75) is 6.18 Å². The van der Waals surface area contributed by atoms with Crippen LogP contribution in [0.5, 0.6) is 0 Å². The van der Waals surface area contributed by atoms with Gasteiger partial charge in [0.2, 0.25) is 0 Å². The summed E-state index contributed by atoms with van der Waals surface area (Å²) >= 11 is 7.97. The van der Waals surface area contributed by atoms with Crippen molar-refractivity contribution in [2.24, 2.45) is 0 Å². The van der Waals surface area contributed by atoms with Crippen LogP contribution in [0.2, 0.25) is 5.02 Å². The van der Waals surface area contributed by atoms with Crippen LogP contribution < -0.4 is 0 Å². The minimum atomic E-state index is -4.79. The molecule has 0 fully saturated rings. The highest BCUT2D eigenvalue weighted by molar-refractivity contribution is 9.10. The predicted octanol–water partition coefficient (Wildman–Crippen LogP) is 4.12. The molecule has 0 bridgehead atoms. The first kappa shape index (κ1) is 6.27. The number of benzene rings is 1. The van der Waals surface area contributed by atoms with E-state index >= 15 is 0 Å². The lowest BCUT2D eigenvalue weighted by Gasteiger charge is -2.08. The minimum Gasteiger partial charge on any atom is -0.166 e. The number of alkyl halides is 3. The second-order valence-corrected chi connectivity index (χ2v) is 3.05. The van der Waals surface area contributed by atoms with Gasteiger partial charge in [0.15, 0.2) is 0 Å². The zero-order valence-electron chi connectivity index (χ0n) is 8.39. The van der Waals surface area contributed by atoms with Gasteiger partial charge < -0.3 is 0 Å². The van der Waals surface area contributed by atoms with Crippen LogP contribution in [-0.4, -0.2) is 0 Å². The van der Waals surface area contributed by atoms with Gasteiger partial charge in [-0.05, 0) is 18.1 Å². The van der Waals surface area contributed by atoms with Crippen molar-refractivity contribution in [2.75, 3.05) is 0 Å². The Kier molecular flexibility index (Phi) is 1.70. The normalized spacial score (nSPS) is 15.2. The molecule has 1 aromatic rings. The molecule has 0 saturated carbocycles. The highest BCUT2D eigenvalue weighted by Gasteiger charge is 2.32. The van der Waals surface area contributed by atoms with E-state index in [4.69, 9.17) is 15.7 Å². The maximum Gasteiger partial charge on any atom is 0.417 e. The fourth-order valence-electron chi connectivity index (χ4n) is 0.558. The Morgan fingerprint density at radius 2 is 2.00 bits per heavy atom. The van der Waals surface area contributed by atoms with Gasteiger partial charge in [-0.2, -0.15) is 13.2 Å². The fraction of sp³-hybridized carbons (Fsp3) is 0.143. The van der Waals surface area contributed by atoms with Crippen molar-refractivity contribution < 1.29 is 17.3 Å². The van der Waals surface area contributed by atoms with Crippen molar-refractivity contribution in [1.29, 1.82) is 0 Å². The Hall–Kier alpha value is -0.220. The first-order chi connectivity index (χ1) is 6.68. The van der Waals surface area contributed by atoms with Gasteiger partial charge in [0.25, 0.3) is 0 Å². The fourth-order valence-corrected chi connectivity index (χ4v) is 1.34. The number of rotatable bonds is 0. The van der Waals surface area contributed by atoms with Crippen LogP contribution in [-0.2, 0) is 6.18 Å². The average molecular weight is 262 g/mol. The van der Waals surface area contributed by atoms with E-state index in [0.717, 1.165) is 0 Å². The molecule has 0 N–H and O–H groups in total. The van der Waals surface area contributed by atoms with E-state index in [1.807, 2.05) is 0 Å². The van der Waals surface area contributed by atoms with E-state index in [1.165, 1.54) is 0 Å². The monoisotopic (exact) mass is 261 g/mol. The maximum absolute atomic E-state index is 12.4. The lowest BCUT2D eigenvalue weighted by atomic mass is 10.2. The predicted molar refractivity (Wildman–Crippen MR) is 44.2 cm³/mol. The third-order valence-corrected chi connectivity index (χ3v) is 1.80. The molecule has 0 spiro atoms. The Morgan fingerprint density at radius 1 is 1.42 bits per heavy atom. The molecule has 0 saturated heterocycles. The van der Waals surface area contributed by atoms with E-state index in [-0.39, 0.29) is 0 Å². The smallest absolute Gasteiger partial charge is 0.166 e. The summed E-state index contributed by atoms with van der Waals surface area (Å²) < 4.78 is 58.2. The first-order valence-electron chi connectivity index (χ1n) is 4.19. The van der Waals surface area contributed by atoms with E-state index < -0.39 is 39.4 Å². The van der Waals surface area contributed by atoms with Crippen LogP contribution in [0, 0.1) is 0 Å². The lowest BCUT2D eigenvalue weighted by Crippen LogP contribution is -2.05. The molecule has 0 atom stereocenters. The van der Waals surface area contributed by atoms with Crippen molar-refractivity contribution in [3.63, 3.8) is 0 Å². The van der Waals surface area contributed by atoms with Crippen LogP contribution in [0.1, 0.15) is 9.68 Å². The molecule has 0 unspecified atom stereocenters. The summed E-state index contributed by atoms with van der Waals surface area (Å²) in [5.74, 6) is 0. The Bertz CT molecular complexity index is 390. The molecule has 0 aromatic heterocycles. The number of hydrogen-bond donors (Lipinski definition) is 0. The summed E-state index contributed by atoms with van der Waals surface area (Å²) in [5.41, 5.74) is -1.35. The topological polar surface area (TPSA) is 0 Å². The van der Waals surface area contributed by atoms with Crippen LogP contribution >= 0.6 is 27.5 Å². The highest BCUT2D eigenvalue weighted by Crippen LogP contribution is 2.35. The van der Waals surface area contributed by atoms with Crippen LogP contribution in [0.25, 0.3) is 0 Å². The van der Waals surface area contributed by atoms with Gasteiger partial charge in [-0.25, -0.2) is 0 Å². The molecule has 0 amide bonds. The molecule has 0 nitrogen and oxygen atoms in total. The van der Waals surface area contributed by atoms with Gasteiger partial charge in [0, 0.05) is 9.50 Å². The Morgan fingerprint density at radius 3 is 2.50 bits per heavy atom. The summed E-state index contributed by atoms with van der Waals surface area (Å²) in [5, 5.41) is -0.472. The third kappa shape index (κ3) is 2.14. The second-order valence-electron chi connectivity index (χ2n) is 1.88. The van der Waals surface area contributed by atoms with Gasteiger partial charge in [-0.3, -0.25) is 0 Å². The molecule has 66 valence electrons. The third-order valence-electron chi connectivity index (χ3n) is 1.02. The summed E-state index contributed by atoms with van der Waals surface area (Å²) in [6, 6.07) is -2.46. The molecular formula is C7H3BrClF3. The summed E-state index contributed by atoms with van der Waals surface area (Å²) in [6.07, 6.45) is -4.79. The quantitative estimate of drug-likeness (QED) is 0.660. The molecule has 1 aromatic carbocycles. The van der Waals surface area contributed by atoms with Crippen LogP contribution in [0.15, 0.2) is 22.6 Å². The summed E-state index contributed by atoms with van der Waals surface area (Å²) in [7, 11) is 0. The van der Waals surface area contributed by atoms with Crippen molar-refractivity contribution in [3.8, 4) is 0 Å². The molecule has 12 heavy (non-hydrogen) atoms. The van der Waals surface area contributed by atoms with E-state index in [1.54, 1.807) is 0 Å². The van der Waals surface area contributed by atoms with E-state index in [9.17, 15) is 13.2 Å². The van der Waals surface area contributed by atoms with Gasteiger partial charge in [-0.1, -0.05) is 27.5 Å². The minimum absolute atomic E-state index is 0.472. The molecule has 5 heteroatoms. The van der Waals surface area contributed by atoms with Crippen LogP contribution in [0.4, 0.5) is 13.2 Å². The largest absolute Gasteiger partial charge is 0.417 e.